The Kier molecular flexibility index (Phi) is 5.00. The van der Waals surface area contributed by atoms with Gasteiger partial charge in [-0.25, -0.2) is 0 Å². The third-order valence-corrected chi connectivity index (χ3v) is 2.31. The second kappa shape index (κ2) is 6.28. The first kappa shape index (κ1) is 14.3. The molecule has 1 aromatic rings. The van der Waals surface area contributed by atoms with Gasteiger partial charge in [0.2, 0.25) is 0 Å². The van der Waals surface area contributed by atoms with E-state index in [1.54, 1.807) is 7.05 Å². The third kappa shape index (κ3) is 4.27. The predicted molar refractivity (Wildman–Crippen MR) is 65.3 cm³/mol. The molecule has 0 heterocycles. The Morgan fingerprint density at radius 1 is 1.17 bits per heavy atom. The number of alkyl halides is 3. The van der Waals surface area contributed by atoms with Crippen molar-refractivity contribution in [3.8, 4) is 0 Å². The van der Waals surface area contributed by atoms with Gasteiger partial charge < -0.3 is 10.6 Å². The number of nitrogens with one attached hydrogen (secondary N) is 2. The summed E-state index contributed by atoms with van der Waals surface area (Å²) < 4.78 is 37.0. The molecule has 1 aromatic carbocycles. The Morgan fingerprint density at radius 2 is 1.78 bits per heavy atom. The standard InChI is InChI=1S/C12H16F3N3/c1-3-17-11(16-2)18-8-9-4-6-10(7-5-9)12(13,14)15/h4-7H,3,8H2,1-2H3,(H2,16,17,18). The minimum atomic E-state index is -4.29. The molecule has 0 aliphatic heterocycles. The van der Waals surface area contributed by atoms with Crippen LogP contribution < -0.4 is 10.6 Å². The summed E-state index contributed by atoms with van der Waals surface area (Å²) in [7, 11) is 1.64. The van der Waals surface area contributed by atoms with Gasteiger partial charge in [-0.2, -0.15) is 13.2 Å². The fraction of sp³-hybridized carbons (Fsp3) is 0.417. The van der Waals surface area contributed by atoms with Gasteiger partial charge in [-0.3, -0.25) is 4.99 Å². The van der Waals surface area contributed by atoms with Crippen molar-refractivity contribution in [2.75, 3.05) is 13.6 Å². The highest BCUT2D eigenvalue weighted by molar-refractivity contribution is 5.79. The quantitative estimate of drug-likeness (QED) is 0.646. The summed E-state index contributed by atoms with van der Waals surface area (Å²) in [6.07, 6.45) is -4.29. The Bertz CT molecular complexity index is 396. The van der Waals surface area contributed by atoms with Crippen molar-refractivity contribution < 1.29 is 13.2 Å². The maximum Gasteiger partial charge on any atom is 0.416 e. The van der Waals surface area contributed by atoms with Crippen LogP contribution in [0.5, 0.6) is 0 Å². The van der Waals surface area contributed by atoms with E-state index in [-0.39, 0.29) is 0 Å². The van der Waals surface area contributed by atoms with Crippen molar-refractivity contribution >= 4 is 5.96 Å². The maximum absolute atomic E-state index is 12.3. The molecular formula is C12H16F3N3. The Labute approximate surface area is 104 Å². The van der Waals surface area contributed by atoms with Crippen LogP contribution in [0.4, 0.5) is 13.2 Å². The fourth-order valence-electron chi connectivity index (χ4n) is 1.39. The molecule has 3 nitrogen and oxygen atoms in total. The lowest BCUT2D eigenvalue weighted by Gasteiger charge is -2.11. The largest absolute Gasteiger partial charge is 0.416 e. The van der Waals surface area contributed by atoms with Crippen molar-refractivity contribution in [1.82, 2.24) is 10.6 Å². The summed E-state index contributed by atoms with van der Waals surface area (Å²) in [6.45, 7) is 3.09. The van der Waals surface area contributed by atoms with E-state index in [9.17, 15) is 13.2 Å². The lowest BCUT2D eigenvalue weighted by molar-refractivity contribution is -0.137. The van der Waals surface area contributed by atoms with Crippen molar-refractivity contribution in [3.05, 3.63) is 35.4 Å². The number of hydrogen-bond acceptors (Lipinski definition) is 1. The summed E-state index contributed by atoms with van der Waals surface area (Å²) in [4.78, 5) is 3.96. The van der Waals surface area contributed by atoms with Gasteiger partial charge in [0.1, 0.15) is 0 Å². The molecule has 0 aliphatic rings. The Hall–Kier alpha value is -1.72. The zero-order valence-corrected chi connectivity index (χ0v) is 10.3. The van der Waals surface area contributed by atoms with Crippen molar-refractivity contribution in [3.63, 3.8) is 0 Å². The average Bonchev–Trinajstić information content (AvgIpc) is 2.34. The van der Waals surface area contributed by atoms with Crippen LogP contribution in [0.1, 0.15) is 18.1 Å². The third-order valence-electron chi connectivity index (χ3n) is 2.31. The van der Waals surface area contributed by atoms with Crippen LogP contribution in [0, 0.1) is 0 Å². The SMILES string of the molecule is CCNC(=NC)NCc1ccc(C(F)(F)F)cc1. The van der Waals surface area contributed by atoms with Gasteiger partial charge in [0, 0.05) is 20.1 Å². The second-order valence-electron chi connectivity index (χ2n) is 3.65. The molecule has 0 radical (unpaired) electrons. The first-order valence-corrected chi connectivity index (χ1v) is 5.58. The van der Waals surface area contributed by atoms with Gasteiger partial charge in [-0.1, -0.05) is 12.1 Å². The Morgan fingerprint density at radius 3 is 2.22 bits per heavy atom. The summed E-state index contributed by atoms with van der Waals surface area (Å²) >= 11 is 0. The zero-order valence-electron chi connectivity index (χ0n) is 10.3. The summed E-state index contributed by atoms with van der Waals surface area (Å²) in [5, 5.41) is 6.00. The highest BCUT2D eigenvalue weighted by atomic mass is 19.4. The molecule has 0 unspecified atom stereocenters. The molecule has 6 heteroatoms. The van der Waals surface area contributed by atoms with E-state index in [1.807, 2.05) is 6.92 Å². The zero-order chi connectivity index (χ0) is 13.6. The van der Waals surface area contributed by atoms with Crippen LogP contribution in [-0.2, 0) is 12.7 Å². The molecular weight excluding hydrogens is 243 g/mol. The van der Waals surface area contributed by atoms with E-state index in [2.05, 4.69) is 15.6 Å². The van der Waals surface area contributed by atoms with Crippen LogP contribution in [0.25, 0.3) is 0 Å². The van der Waals surface area contributed by atoms with Crippen LogP contribution in [0.3, 0.4) is 0 Å². The molecule has 0 saturated carbocycles. The first-order chi connectivity index (χ1) is 8.47. The number of hydrogen-bond donors (Lipinski definition) is 2. The highest BCUT2D eigenvalue weighted by Gasteiger charge is 2.29. The summed E-state index contributed by atoms with van der Waals surface area (Å²) in [5.74, 6) is 0.623. The molecule has 1 rings (SSSR count). The first-order valence-electron chi connectivity index (χ1n) is 5.58. The van der Waals surface area contributed by atoms with Gasteiger partial charge in [0.15, 0.2) is 5.96 Å². The maximum atomic E-state index is 12.3. The van der Waals surface area contributed by atoms with E-state index in [0.29, 0.717) is 12.5 Å². The lowest BCUT2D eigenvalue weighted by atomic mass is 10.1. The monoisotopic (exact) mass is 259 g/mol. The van der Waals surface area contributed by atoms with E-state index in [1.165, 1.54) is 12.1 Å². The summed E-state index contributed by atoms with van der Waals surface area (Å²) in [6, 6.07) is 5.06. The molecule has 0 bridgehead atoms. The van der Waals surface area contributed by atoms with Gasteiger partial charge in [-0.05, 0) is 24.6 Å². The normalized spacial score (nSPS) is 12.4. The number of benzene rings is 1. The van der Waals surface area contributed by atoms with Gasteiger partial charge in [0.25, 0.3) is 0 Å². The molecule has 0 aliphatic carbocycles. The highest BCUT2D eigenvalue weighted by Crippen LogP contribution is 2.28. The minimum Gasteiger partial charge on any atom is -0.357 e. The second-order valence-corrected chi connectivity index (χ2v) is 3.65. The van der Waals surface area contributed by atoms with E-state index < -0.39 is 11.7 Å². The molecule has 2 N–H and O–H groups in total. The number of halogens is 3. The minimum absolute atomic E-state index is 0.428. The number of nitrogens with zero attached hydrogens (tertiary/aromatic N) is 1. The molecule has 0 atom stereocenters. The van der Waals surface area contributed by atoms with Crippen molar-refractivity contribution in [2.45, 2.75) is 19.6 Å². The van der Waals surface area contributed by atoms with Gasteiger partial charge in [0.05, 0.1) is 5.56 Å². The van der Waals surface area contributed by atoms with Crippen LogP contribution in [0.15, 0.2) is 29.3 Å². The lowest BCUT2D eigenvalue weighted by Crippen LogP contribution is -2.36. The molecule has 0 saturated heterocycles. The number of aliphatic imine (C=N–C) groups is 1. The molecule has 0 amide bonds. The molecule has 0 aromatic heterocycles. The van der Waals surface area contributed by atoms with Crippen LogP contribution in [0.2, 0.25) is 0 Å². The average molecular weight is 259 g/mol. The number of rotatable bonds is 3. The molecule has 100 valence electrons. The number of guanidine groups is 1. The van der Waals surface area contributed by atoms with Crippen molar-refractivity contribution in [2.24, 2.45) is 4.99 Å². The van der Waals surface area contributed by atoms with Gasteiger partial charge in [-0.15, -0.1) is 0 Å². The molecule has 0 spiro atoms. The van der Waals surface area contributed by atoms with E-state index >= 15 is 0 Å². The van der Waals surface area contributed by atoms with E-state index in [0.717, 1.165) is 24.2 Å². The fourth-order valence-corrected chi connectivity index (χ4v) is 1.39. The van der Waals surface area contributed by atoms with Crippen LogP contribution >= 0.6 is 0 Å². The Balaban J connectivity index is 2.59. The van der Waals surface area contributed by atoms with Crippen LogP contribution in [-0.4, -0.2) is 19.6 Å². The molecule has 0 fully saturated rings. The molecule has 18 heavy (non-hydrogen) atoms. The topological polar surface area (TPSA) is 36.4 Å². The predicted octanol–water partition coefficient (Wildman–Crippen LogP) is 2.39. The smallest absolute Gasteiger partial charge is 0.357 e. The summed E-state index contributed by atoms with van der Waals surface area (Å²) in [5.41, 5.74) is 0.129. The van der Waals surface area contributed by atoms with E-state index in [4.69, 9.17) is 0 Å². The van der Waals surface area contributed by atoms with Crippen molar-refractivity contribution in [1.29, 1.82) is 0 Å². The van der Waals surface area contributed by atoms with Gasteiger partial charge >= 0.3 is 6.18 Å².